The Morgan fingerprint density at radius 3 is 2.21 bits per heavy atom. The van der Waals surface area contributed by atoms with Gasteiger partial charge in [-0.05, 0) is 48.9 Å². The van der Waals surface area contributed by atoms with Gasteiger partial charge in [-0.2, -0.15) is 0 Å². The zero-order valence-electron chi connectivity index (χ0n) is 19.3. The van der Waals surface area contributed by atoms with Crippen LogP contribution in [0.4, 0.5) is 0 Å². The molecule has 0 aliphatic heterocycles. The van der Waals surface area contributed by atoms with Gasteiger partial charge in [0.2, 0.25) is 0 Å². The van der Waals surface area contributed by atoms with E-state index >= 15 is 0 Å². The molecule has 8 heteroatoms. The first-order chi connectivity index (χ1) is 16.4. The highest BCUT2D eigenvalue weighted by Crippen LogP contribution is 2.07. The fourth-order valence-corrected chi connectivity index (χ4v) is 3.27. The van der Waals surface area contributed by atoms with Gasteiger partial charge in [0.25, 0.3) is 5.91 Å². The summed E-state index contributed by atoms with van der Waals surface area (Å²) in [6.45, 7) is 2.35. The lowest BCUT2D eigenvalue weighted by Crippen LogP contribution is -2.52. The molecule has 8 nitrogen and oxygen atoms in total. The van der Waals surface area contributed by atoms with Crippen molar-refractivity contribution in [2.45, 2.75) is 32.1 Å². The largest absolute Gasteiger partial charge is 0.388 e. The molecule has 1 aromatic heterocycles. The molecule has 0 bridgehead atoms. The summed E-state index contributed by atoms with van der Waals surface area (Å²) in [5, 5.41) is 15.0. The third kappa shape index (κ3) is 6.86. The normalized spacial score (nSPS) is 12.4. The molecule has 0 saturated carbocycles. The highest BCUT2D eigenvalue weighted by molar-refractivity contribution is 5.98. The molecule has 0 aliphatic carbocycles. The van der Waals surface area contributed by atoms with Crippen molar-refractivity contribution >= 4 is 11.7 Å². The number of carbonyl (C=O) groups is 2. The number of nitrogens with two attached hydrogens (primary N) is 1. The molecule has 3 rings (SSSR count). The molecule has 176 valence electrons. The van der Waals surface area contributed by atoms with Gasteiger partial charge in [0.1, 0.15) is 18.5 Å². The SMILES string of the molecule is C[C@@H](N)[C@H](NC(=O)c1ccc(C#Cc2ccc(CNCc3nccn3C)cc2)cc1)C(=O)CO. The fraction of sp³-hybridized carbons (Fsp3) is 0.269. The van der Waals surface area contributed by atoms with Crippen LogP contribution < -0.4 is 16.4 Å². The Hall–Kier alpha value is -3.77. The van der Waals surface area contributed by atoms with Gasteiger partial charge < -0.3 is 26.0 Å². The van der Waals surface area contributed by atoms with Gasteiger partial charge in [0.05, 0.1) is 6.54 Å². The molecule has 0 saturated heterocycles. The van der Waals surface area contributed by atoms with Crippen molar-refractivity contribution in [3.63, 3.8) is 0 Å². The molecule has 0 unspecified atom stereocenters. The minimum absolute atomic E-state index is 0.379. The second-order valence-corrected chi connectivity index (χ2v) is 8.02. The number of aromatic nitrogens is 2. The van der Waals surface area contributed by atoms with E-state index in [1.807, 2.05) is 42.1 Å². The number of nitrogens with one attached hydrogen (secondary N) is 2. The fourth-order valence-electron chi connectivity index (χ4n) is 3.27. The average molecular weight is 460 g/mol. The third-order valence-corrected chi connectivity index (χ3v) is 5.30. The minimum Gasteiger partial charge on any atom is -0.388 e. The Morgan fingerprint density at radius 2 is 1.68 bits per heavy atom. The van der Waals surface area contributed by atoms with Gasteiger partial charge in [0.15, 0.2) is 5.78 Å². The van der Waals surface area contributed by atoms with Crippen LogP contribution in [0.5, 0.6) is 0 Å². The molecule has 1 heterocycles. The Bertz CT molecular complexity index is 1170. The number of imidazole rings is 1. The lowest BCUT2D eigenvalue weighted by Gasteiger charge is -2.20. The number of ketones is 1. The second-order valence-electron chi connectivity index (χ2n) is 8.02. The van der Waals surface area contributed by atoms with E-state index in [2.05, 4.69) is 27.5 Å². The Balaban J connectivity index is 1.55. The molecular weight excluding hydrogens is 430 g/mol. The van der Waals surface area contributed by atoms with Crippen LogP contribution in [0.2, 0.25) is 0 Å². The Labute approximate surface area is 199 Å². The number of Topliss-reactive ketones (excluding diaryl/α,β-unsaturated/α-hetero) is 1. The molecule has 34 heavy (non-hydrogen) atoms. The first-order valence-corrected chi connectivity index (χ1v) is 11.0. The number of aliphatic hydroxyl groups excluding tert-OH is 1. The van der Waals surface area contributed by atoms with E-state index in [-0.39, 0.29) is 0 Å². The van der Waals surface area contributed by atoms with Crippen molar-refractivity contribution in [3.05, 3.63) is 89.0 Å². The zero-order valence-corrected chi connectivity index (χ0v) is 19.3. The number of nitrogens with zero attached hydrogens (tertiary/aromatic N) is 2. The number of benzene rings is 2. The van der Waals surface area contributed by atoms with Gasteiger partial charge >= 0.3 is 0 Å². The molecule has 0 aliphatic rings. The van der Waals surface area contributed by atoms with E-state index in [9.17, 15) is 9.59 Å². The van der Waals surface area contributed by atoms with Crippen LogP contribution in [0.25, 0.3) is 0 Å². The summed E-state index contributed by atoms with van der Waals surface area (Å²) >= 11 is 0. The lowest BCUT2D eigenvalue weighted by molar-refractivity contribution is -0.123. The van der Waals surface area contributed by atoms with Gasteiger partial charge in [-0.15, -0.1) is 0 Å². The van der Waals surface area contributed by atoms with Crippen molar-refractivity contribution in [3.8, 4) is 11.8 Å². The van der Waals surface area contributed by atoms with Gasteiger partial charge in [-0.1, -0.05) is 24.0 Å². The summed E-state index contributed by atoms with van der Waals surface area (Å²) < 4.78 is 1.99. The highest BCUT2D eigenvalue weighted by Gasteiger charge is 2.24. The number of hydrogen-bond donors (Lipinski definition) is 4. The van der Waals surface area contributed by atoms with E-state index in [0.29, 0.717) is 12.1 Å². The van der Waals surface area contributed by atoms with Gasteiger partial charge in [-0.3, -0.25) is 9.59 Å². The number of carbonyl (C=O) groups excluding carboxylic acids is 2. The van der Waals surface area contributed by atoms with Crippen molar-refractivity contribution in [1.82, 2.24) is 20.2 Å². The number of aliphatic hydroxyl groups is 1. The van der Waals surface area contributed by atoms with Crippen molar-refractivity contribution in [2.75, 3.05) is 6.61 Å². The van der Waals surface area contributed by atoms with Crippen molar-refractivity contribution in [1.29, 1.82) is 0 Å². The van der Waals surface area contributed by atoms with E-state index in [1.54, 1.807) is 37.4 Å². The number of amides is 1. The van der Waals surface area contributed by atoms with E-state index in [0.717, 1.165) is 29.1 Å². The van der Waals surface area contributed by atoms with Gasteiger partial charge in [0, 0.05) is 48.7 Å². The van der Waals surface area contributed by atoms with Crippen LogP contribution in [0.3, 0.4) is 0 Å². The predicted molar refractivity (Wildman–Crippen MR) is 130 cm³/mol. The molecule has 0 spiro atoms. The maximum Gasteiger partial charge on any atom is 0.251 e. The van der Waals surface area contributed by atoms with Crippen LogP contribution in [0.1, 0.15) is 39.8 Å². The van der Waals surface area contributed by atoms with Gasteiger partial charge in [-0.25, -0.2) is 4.98 Å². The molecular formula is C26H29N5O3. The van der Waals surface area contributed by atoms with Crippen LogP contribution >= 0.6 is 0 Å². The van der Waals surface area contributed by atoms with Crippen LogP contribution in [-0.4, -0.2) is 45.0 Å². The molecule has 1 amide bonds. The molecule has 0 radical (unpaired) electrons. The third-order valence-electron chi connectivity index (χ3n) is 5.30. The Morgan fingerprint density at radius 1 is 1.06 bits per heavy atom. The molecule has 5 N–H and O–H groups in total. The molecule has 2 aromatic carbocycles. The topological polar surface area (TPSA) is 122 Å². The Kier molecular flexibility index (Phi) is 8.71. The summed E-state index contributed by atoms with van der Waals surface area (Å²) in [6, 6.07) is 13.2. The minimum atomic E-state index is -0.940. The monoisotopic (exact) mass is 459 g/mol. The molecule has 0 fully saturated rings. The van der Waals surface area contributed by atoms with E-state index < -0.39 is 30.4 Å². The highest BCUT2D eigenvalue weighted by atomic mass is 16.3. The second kappa shape index (κ2) is 11.9. The zero-order chi connectivity index (χ0) is 24.5. The summed E-state index contributed by atoms with van der Waals surface area (Å²) in [5.41, 5.74) is 8.92. The summed E-state index contributed by atoms with van der Waals surface area (Å²) in [7, 11) is 1.97. The number of hydrogen-bond acceptors (Lipinski definition) is 6. The summed E-state index contributed by atoms with van der Waals surface area (Å²) in [6.07, 6.45) is 3.71. The van der Waals surface area contributed by atoms with Crippen LogP contribution in [0, 0.1) is 11.8 Å². The van der Waals surface area contributed by atoms with Crippen LogP contribution in [-0.2, 0) is 24.9 Å². The van der Waals surface area contributed by atoms with Crippen molar-refractivity contribution in [2.24, 2.45) is 12.8 Å². The summed E-state index contributed by atoms with van der Waals surface area (Å²) in [4.78, 5) is 28.5. The smallest absolute Gasteiger partial charge is 0.251 e. The average Bonchev–Trinajstić information content (AvgIpc) is 3.26. The van der Waals surface area contributed by atoms with E-state index in [4.69, 9.17) is 10.8 Å². The predicted octanol–water partition coefficient (Wildman–Crippen LogP) is 1.12. The molecule has 3 aromatic rings. The quantitative estimate of drug-likeness (QED) is 0.356. The van der Waals surface area contributed by atoms with Crippen LogP contribution in [0.15, 0.2) is 60.9 Å². The first kappa shape index (κ1) is 24.9. The maximum atomic E-state index is 12.4. The van der Waals surface area contributed by atoms with E-state index in [1.165, 1.54) is 0 Å². The van der Waals surface area contributed by atoms with Crippen molar-refractivity contribution < 1.29 is 14.7 Å². The summed E-state index contributed by atoms with van der Waals surface area (Å²) in [5.74, 6) is 6.23. The first-order valence-electron chi connectivity index (χ1n) is 11.0. The standard InChI is InChI=1S/C26H29N5O3/c1-18(27)25(23(33)17-32)30-26(34)22-11-9-20(10-12-22)4-3-19-5-7-21(8-6-19)15-28-16-24-29-13-14-31(24)2/h5-14,18,25,28,32H,15-17,27H2,1-2H3,(H,30,34)/t18-,25+/m1/s1. The lowest BCUT2D eigenvalue weighted by atomic mass is 10.0. The molecule has 2 atom stereocenters. The number of aryl methyl sites for hydroxylation is 1. The maximum absolute atomic E-state index is 12.4. The number of rotatable bonds is 9.